The zero-order valence-corrected chi connectivity index (χ0v) is 12.5. The number of hydrogen-bond donors (Lipinski definition) is 1. The van der Waals surface area contributed by atoms with Crippen LogP contribution in [0.3, 0.4) is 0 Å². The zero-order valence-electron chi connectivity index (χ0n) is 11.7. The Labute approximate surface area is 118 Å². The lowest BCUT2D eigenvalue weighted by Gasteiger charge is -2.28. The molecule has 0 aliphatic carbocycles. The van der Waals surface area contributed by atoms with E-state index in [1.54, 1.807) is 7.11 Å². The summed E-state index contributed by atoms with van der Waals surface area (Å²) in [4.78, 5) is 14.7. The van der Waals surface area contributed by atoms with Crippen molar-refractivity contribution >= 4 is 17.7 Å². The SMILES string of the molecule is COCCN(C(=O)c1c(C)n[nH]c1C)C1CCSC1. The van der Waals surface area contributed by atoms with Crippen molar-refractivity contribution in [1.82, 2.24) is 15.1 Å². The number of nitrogens with one attached hydrogen (secondary N) is 1. The highest BCUT2D eigenvalue weighted by atomic mass is 32.2. The molecule has 106 valence electrons. The molecule has 1 aromatic rings. The number of ether oxygens (including phenoxy) is 1. The van der Waals surface area contributed by atoms with Crippen LogP contribution < -0.4 is 0 Å². The number of rotatable bonds is 5. The molecular formula is C13H21N3O2S. The Balaban J connectivity index is 2.19. The lowest BCUT2D eigenvalue weighted by Crippen LogP contribution is -2.42. The predicted molar refractivity (Wildman–Crippen MR) is 76.7 cm³/mol. The molecule has 19 heavy (non-hydrogen) atoms. The monoisotopic (exact) mass is 283 g/mol. The zero-order chi connectivity index (χ0) is 13.8. The molecule has 1 fully saturated rings. The fourth-order valence-electron chi connectivity index (χ4n) is 2.42. The van der Waals surface area contributed by atoms with Crippen LogP contribution in [0.15, 0.2) is 0 Å². The van der Waals surface area contributed by atoms with E-state index in [4.69, 9.17) is 4.74 Å². The molecule has 1 amide bonds. The standard InChI is InChI=1S/C13H21N3O2S/c1-9-12(10(2)15-14-9)13(17)16(5-6-18-3)11-4-7-19-8-11/h11H,4-8H2,1-3H3,(H,14,15). The van der Waals surface area contributed by atoms with E-state index in [-0.39, 0.29) is 5.91 Å². The molecule has 2 heterocycles. The van der Waals surface area contributed by atoms with Gasteiger partial charge in [0, 0.05) is 31.1 Å². The largest absolute Gasteiger partial charge is 0.383 e. The Morgan fingerprint density at radius 1 is 1.58 bits per heavy atom. The molecule has 1 aromatic heterocycles. The minimum atomic E-state index is 0.0771. The number of carbonyl (C=O) groups is 1. The van der Waals surface area contributed by atoms with E-state index in [0.717, 1.165) is 29.3 Å². The van der Waals surface area contributed by atoms with Crippen LogP contribution in [0.2, 0.25) is 0 Å². The predicted octanol–water partition coefficient (Wildman–Crippen LogP) is 1.62. The average Bonchev–Trinajstić information content (AvgIpc) is 3.00. The lowest BCUT2D eigenvalue weighted by atomic mass is 10.1. The molecule has 0 aromatic carbocycles. The van der Waals surface area contributed by atoms with Gasteiger partial charge in [0.15, 0.2) is 0 Å². The summed E-state index contributed by atoms with van der Waals surface area (Å²) in [6.07, 6.45) is 1.07. The number of aromatic amines is 1. The van der Waals surface area contributed by atoms with Crippen LogP contribution in [-0.4, -0.2) is 58.8 Å². The van der Waals surface area contributed by atoms with Crippen LogP contribution in [0.25, 0.3) is 0 Å². The summed E-state index contributed by atoms with van der Waals surface area (Å²) in [5, 5.41) is 7.00. The van der Waals surface area contributed by atoms with Gasteiger partial charge in [-0.1, -0.05) is 0 Å². The first kappa shape index (κ1) is 14.4. The molecule has 1 saturated heterocycles. The molecule has 2 rings (SSSR count). The van der Waals surface area contributed by atoms with Gasteiger partial charge < -0.3 is 9.64 Å². The van der Waals surface area contributed by atoms with E-state index in [9.17, 15) is 4.79 Å². The number of hydrogen-bond acceptors (Lipinski definition) is 4. The van der Waals surface area contributed by atoms with Crippen LogP contribution in [0.4, 0.5) is 0 Å². The molecule has 6 heteroatoms. The Hall–Kier alpha value is -1.01. The minimum absolute atomic E-state index is 0.0771. The van der Waals surface area contributed by atoms with Gasteiger partial charge in [0.2, 0.25) is 0 Å². The molecule has 0 spiro atoms. The highest BCUT2D eigenvalue weighted by Crippen LogP contribution is 2.24. The van der Waals surface area contributed by atoms with Crippen molar-refractivity contribution in [2.75, 3.05) is 31.8 Å². The molecule has 0 radical (unpaired) electrons. The van der Waals surface area contributed by atoms with E-state index in [0.29, 0.717) is 24.8 Å². The maximum Gasteiger partial charge on any atom is 0.257 e. The van der Waals surface area contributed by atoms with Crippen LogP contribution in [0.5, 0.6) is 0 Å². The van der Waals surface area contributed by atoms with Gasteiger partial charge >= 0.3 is 0 Å². The lowest BCUT2D eigenvalue weighted by molar-refractivity contribution is 0.0623. The van der Waals surface area contributed by atoms with Crippen molar-refractivity contribution in [3.63, 3.8) is 0 Å². The molecule has 0 bridgehead atoms. The van der Waals surface area contributed by atoms with Gasteiger partial charge in [-0.3, -0.25) is 9.89 Å². The highest BCUT2D eigenvalue weighted by molar-refractivity contribution is 7.99. The summed E-state index contributed by atoms with van der Waals surface area (Å²) in [6.45, 7) is 4.98. The third kappa shape index (κ3) is 3.12. The molecule has 0 saturated carbocycles. The van der Waals surface area contributed by atoms with Gasteiger partial charge in [-0.05, 0) is 26.0 Å². The number of nitrogens with zero attached hydrogens (tertiary/aromatic N) is 2. The van der Waals surface area contributed by atoms with Gasteiger partial charge in [-0.2, -0.15) is 16.9 Å². The molecule has 1 aliphatic heterocycles. The minimum Gasteiger partial charge on any atom is -0.383 e. The van der Waals surface area contributed by atoms with E-state index in [2.05, 4.69) is 10.2 Å². The molecule has 1 unspecified atom stereocenters. The second kappa shape index (κ2) is 6.43. The normalized spacial score (nSPS) is 18.8. The topological polar surface area (TPSA) is 58.2 Å². The number of amides is 1. The summed E-state index contributed by atoms with van der Waals surface area (Å²) in [5.74, 6) is 2.23. The van der Waals surface area contributed by atoms with Crippen molar-refractivity contribution in [3.8, 4) is 0 Å². The molecule has 1 atom stereocenters. The summed E-state index contributed by atoms with van der Waals surface area (Å²) in [7, 11) is 1.67. The Morgan fingerprint density at radius 2 is 2.37 bits per heavy atom. The molecule has 5 nitrogen and oxygen atoms in total. The molecule has 1 N–H and O–H groups in total. The first-order valence-electron chi connectivity index (χ1n) is 6.54. The van der Waals surface area contributed by atoms with E-state index >= 15 is 0 Å². The molecule has 1 aliphatic rings. The molecular weight excluding hydrogens is 262 g/mol. The van der Waals surface area contributed by atoms with E-state index in [1.165, 1.54) is 0 Å². The van der Waals surface area contributed by atoms with Crippen molar-refractivity contribution in [2.45, 2.75) is 26.3 Å². The van der Waals surface area contributed by atoms with Crippen LogP contribution in [0, 0.1) is 13.8 Å². The maximum absolute atomic E-state index is 12.7. The maximum atomic E-state index is 12.7. The van der Waals surface area contributed by atoms with Crippen LogP contribution in [-0.2, 0) is 4.74 Å². The van der Waals surface area contributed by atoms with E-state index < -0.39 is 0 Å². The Morgan fingerprint density at radius 3 is 2.89 bits per heavy atom. The van der Waals surface area contributed by atoms with Crippen LogP contribution in [0.1, 0.15) is 28.2 Å². The van der Waals surface area contributed by atoms with Gasteiger partial charge in [0.1, 0.15) is 0 Å². The second-order valence-electron chi connectivity index (χ2n) is 4.82. The number of carbonyl (C=O) groups excluding carboxylic acids is 1. The van der Waals surface area contributed by atoms with Gasteiger partial charge in [0.05, 0.1) is 17.9 Å². The first-order valence-corrected chi connectivity index (χ1v) is 7.69. The van der Waals surface area contributed by atoms with Crippen molar-refractivity contribution in [1.29, 1.82) is 0 Å². The highest BCUT2D eigenvalue weighted by Gasteiger charge is 2.29. The van der Waals surface area contributed by atoms with E-state index in [1.807, 2.05) is 30.5 Å². The fraction of sp³-hybridized carbons (Fsp3) is 0.692. The summed E-state index contributed by atoms with van der Waals surface area (Å²) in [5.41, 5.74) is 2.33. The number of methoxy groups -OCH3 is 1. The van der Waals surface area contributed by atoms with Gasteiger partial charge in [-0.15, -0.1) is 0 Å². The second-order valence-corrected chi connectivity index (χ2v) is 5.97. The quantitative estimate of drug-likeness (QED) is 0.892. The average molecular weight is 283 g/mol. The van der Waals surface area contributed by atoms with Crippen molar-refractivity contribution < 1.29 is 9.53 Å². The summed E-state index contributed by atoms with van der Waals surface area (Å²) >= 11 is 1.91. The fourth-order valence-corrected chi connectivity index (χ4v) is 3.64. The smallest absolute Gasteiger partial charge is 0.257 e. The number of H-pyrrole nitrogens is 1. The van der Waals surface area contributed by atoms with Crippen molar-refractivity contribution in [2.24, 2.45) is 0 Å². The number of aromatic nitrogens is 2. The Kier molecular flexibility index (Phi) is 4.87. The summed E-state index contributed by atoms with van der Waals surface area (Å²) < 4.78 is 5.14. The third-order valence-corrected chi connectivity index (χ3v) is 4.63. The van der Waals surface area contributed by atoms with Crippen molar-refractivity contribution in [3.05, 3.63) is 17.0 Å². The third-order valence-electron chi connectivity index (χ3n) is 3.49. The Bertz CT molecular complexity index is 422. The number of aryl methyl sites for hydroxylation is 2. The van der Waals surface area contributed by atoms with Gasteiger partial charge in [-0.25, -0.2) is 0 Å². The summed E-state index contributed by atoms with van der Waals surface area (Å²) in [6, 6.07) is 0.321. The number of thioether (sulfide) groups is 1. The first-order chi connectivity index (χ1) is 9.15. The van der Waals surface area contributed by atoms with Crippen LogP contribution >= 0.6 is 11.8 Å². The van der Waals surface area contributed by atoms with Gasteiger partial charge in [0.25, 0.3) is 5.91 Å².